The monoisotopic (exact) mass is 317 g/mol. The van der Waals surface area contributed by atoms with Gasteiger partial charge < -0.3 is 5.11 Å². The second-order valence-electron chi connectivity index (χ2n) is 4.36. The summed E-state index contributed by atoms with van der Waals surface area (Å²) in [4.78, 5) is 15.0. The van der Waals surface area contributed by atoms with Gasteiger partial charge in [0.25, 0.3) is 6.43 Å². The molecule has 0 radical (unpaired) electrons. The van der Waals surface area contributed by atoms with E-state index in [-0.39, 0.29) is 10.9 Å². The number of aromatic nitrogens is 1. The fourth-order valence-corrected chi connectivity index (χ4v) is 2.55. The Labute approximate surface area is 123 Å². The van der Waals surface area contributed by atoms with Gasteiger partial charge in [-0.3, -0.25) is 0 Å². The number of aromatic carboxylic acids is 1. The number of nitrogens with zero attached hydrogens (tertiary/aromatic N) is 1. The zero-order valence-corrected chi connectivity index (χ0v) is 11.7. The van der Waals surface area contributed by atoms with Crippen LogP contribution in [0.2, 0.25) is 0 Å². The number of benzene rings is 1. The number of hydrogen-bond donors (Lipinski definition) is 1. The number of carbonyl (C=O) groups is 1. The van der Waals surface area contributed by atoms with Gasteiger partial charge in [-0.2, -0.15) is 0 Å². The number of halogens is 4. The van der Waals surface area contributed by atoms with Gasteiger partial charge in [0, 0.05) is 10.9 Å². The Bertz CT molecular complexity index is 704. The lowest BCUT2D eigenvalue weighted by atomic mass is 9.96. The highest BCUT2D eigenvalue weighted by molar-refractivity contribution is 6.21. The van der Waals surface area contributed by atoms with E-state index >= 15 is 0 Å². The number of carboxylic acid groups (broad SMARTS) is 1. The summed E-state index contributed by atoms with van der Waals surface area (Å²) in [5.74, 6) is -1.68. The van der Waals surface area contributed by atoms with Crippen LogP contribution >= 0.6 is 11.6 Å². The summed E-state index contributed by atoms with van der Waals surface area (Å²) >= 11 is 5.43. The zero-order chi connectivity index (χ0) is 15.7. The molecule has 3 nitrogen and oxygen atoms in total. The minimum Gasteiger partial charge on any atom is -0.478 e. The summed E-state index contributed by atoms with van der Waals surface area (Å²) in [5.41, 5.74) is -3.80. The lowest BCUT2D eigenvalue weighted by Crippen LogP contribution is -2.12. The predicted molar refractivity (Wildman–Crippen MR) is 72.7 cm³/mol. The molecule has 0 spiro atoms. The van der Waals surface area contributed by atoms with Gasteiger partial charge in [0.1, 0.15) is 5.69 Å². The Morgan fingerprint density at radius 1 is 1.38 bits per heavy atom. The Morgan fingerprint density at radius 2 is 2.05 bits per heavy atom. The first-order valence-electron chi connectivity index (χ1n) is 6.13. The van der Waals surface area contributed by atoms with E-state index in [1.165, 1.54) is 6.07 Å². The van der Waals surface area contributed by atoms with Crippen LogP contribution in [-0.4, -0.2) is 16.1 Å². The minimum atomic E-state index is -3.14. The highest BCUT2D eigenvalue weighted by atomic mass is 35.5. The zero-order valence-electron chi connectivity index (χ0n) is 10.9. The third-order valence-electron chi connectivity index (χ3n) is 3.18. The van der Waals surface area contributed by atoms with Crippen LogP contribution in [0.5, 0.6) is 0 Å². The Kier molecular flexibility index (Phi) is 4.37. The Morgan fingerprint density at radius 3 is 2.52 bits per heavy atom. The molecule has 1 unspecified atom stereocenters. The fourth-order valence-electron chi connectivity index (χ4n) is 2.33. The molecule has 7 heteroatoms. The van der Waals surface area contributed by atoms with Crippen LogP contribution in [0.25, 0.3) is 10.9 Å². The van der Waals surface area contributed by atoms with Crippen molar-refractivity contribution in [1.29, 1.82) is 0 Å². The number of rotatable bonds is 4. The van der Waals surface area contributed by atoms with E-state index in [1.807, 2.05) is 0 Å². The predicted octanol–water partition coefficient (Wildman–Crippen LogP) is 4.64. The molecule has 0 fully saturated rings. The third-order valence-corrected chi connectivity index (χ3v) is 3.40. The smallest absolute Gasteiger partial charge is 0.338 e. The average Bonchev–Trinajstić information content (AvgIpc) is 2.43. The standard InChI is InChI=1S/C14H11ClF3NO2/c1-2-6-4-3-5-7-8(6)9(12(15)16)10(14(20)21)11(19-7)13(17)18/h3-5,12-13H,2H2,1H3,(H,20,21). The van der Waals surface area contributed by atoms with Crippen LogP contribution in [0.3, 0.4) is 0 Å². The van der Waals surface area contributed by atoms with Crippen LogP contribution in [-0.2, 0) is 6.42 Å². The first kappa shape index (κ1) is 15.6. The van der Waals surface area contributed by atoms with Gasteiger partial charge in [0.2, 0.25) is 0 Å². The lowest BCUT2D eigenvalue weighted by molar-refractivity contribution is 0.0680. The third kappa shape index (κ3) is 2.68. The maximum atomic E-state index is 13.8. The van der Waals surface area contributed by atoms with Crippen molar-refractivity contribution in [3.8, 4) is 0 Å². The summed E-state index contributed by atoms with van der Waals surface area (Å²) in [6, 6.07) is 4.67. The molecule has 0 saturated heterocycles. The summed E-state index contributed by atoms with van der Waals surface area (Å²) in [6.45, 7) is 1.78. The molecule has 1 aromatic heterocycles. The number of alkyl halides is 4. The molecular formula is C14H11ClF3NO2. The quantitative estimate of drug-likeness (QED) is 0.836. The molecule has 112 valence electrons. The summed E-state index contributed by atoms with van der Waals surface area (Å²) in [7, 11) is 0. The number of carboxylic acids is 1. The van der Waals surface area contributed by atoms with Crippen molar-refractivity contribution < 1.29 is 23.1 Å². The summed E-state index contributed by atoms with van der Waals surface area (Å²) < 4.78 is 39.9. The number of aryl methyl sites for hydroxylation is 1. The van der Waals surface area contributed by atoms with E-state index in [9.17, 15) is 18.0 Å². The van der Waals surface area contributed by atoms with Crippen LogP contribution in [0, 0.1) is 0 Å². The van der Waals surface area contributed by atoms with Crippen LogP contribution in [0.1, 0.15) is 46.2 Å². The van der Waals surface area contributed by atoms with Crippen molar-refractivity contribution in [2.24, 2.45) is 0 Å². The molecule has 1 atom stereocenters. The van der Waals surface area contributed by atoms with Gasteiger partial charge in [0.05, 0.1) is 11.1 Å². The molecule has 0 aliphatic heterocycles. The van der Waals surface area contributed by atoms with E-state index in [4.69, 9.17) is 16.7 Å². The van der Waals surface area contributed by atoms with Crippen LogP contribution < -0.4 is 0 Å². The SMILES string of the molecule is CCc1cccc2nc(C(F)F)c(C(=O)O)c(C(F)Cl)c12. The van der Waals surface area contributed by atoms with Crippen molar-refractivity contribution in [2.75, 3.05) is 0 Å². The molecular weight excluding hydrogens is 307 g/mol. The van der Waals surface area contributed by atoms with Crippen molar-refractivity contribution in [2.45, 2.75) is 25.4 Å². The van der Waals surface area contributed by atoms with Gasteiger partial charge in [-0.15, -0.1) is 0 Å². The topological polar surface area (TPSA) is 50.2 Å². The van der Waals surface area contributed by atoms with Gasteiger partial charge in [0.15, 0.2) is 5.63 Å². The van der Waals surface area contributed by atoms with E-state index in [1.54, 1.807) is 19.1 Å². The van der Waals surface area contributed by atoms with E-state index in [2.05, 4.69) is 4.98 Å². The Balaban J connectivity index is 3.03. The summed E-state index contributed by atoms with van der Waals surface area (Å²) in [5, 5.41) is 9.35. The van der Waals surface area contributed by atoms with E-state index in [0.29, 0.717) is 12.0 Å². The highest BCUT2D eigenvalue weighted by Gasteiger charge is 2.29. The second-order valence-corrected chi connectivity index (χ2v) is 4.74. The highest BCUT2D eigenvalue weighted by Crippen LogP contribution is 2.38. The number of pyridine rings is 1. The van der Waals surface area contributed by atoms with E-state index < -0.39 is 34.8 Å². The maximum Gasteiger partial charge on any atom is 0.338 e. The summed E-state index contributed by atoms with van der Waals surface area (Å²) in [6.07, 6.45) is -2.68. The first-order chi connectivity index (χ1) is 9.88. The molecule has 0 amide bonds. The van der Waals surface area contributed by atoms with Crippen molar-refractivity contribution in [3.63, 3.8) is 0 Å². The lowest BCUT2D eigenvalue weighted by Gasteiger charge is -2.16. The molecule has 0 saturated carbocycles. The average molecular weight is 318 g/mol. The van der Waals surface area contributed by atoms with Gasteiger partial charge in [-0.05, 0) is 18.1 Å². The van der Waals surface area contributed by atoms with E-state index in [0.717, 1.165) is 0 Å². The van der Waals surface area contributed by atoms with Crippen molar-refractivity contribution in [1.82, 2.24) is 4.98 Å². The first-order valence-corrected chi connectivity index (χ1v) is 6.57. The molecule has 1 heterocycles. The van der Waals surface area contributed by atoms with Crippen molar-refractivity contribution >= 4 is 28.5 Å². The Hall–Kier alpha value is -1.82. The number of hydrogen-bond acceptors (Lipinski definition) is 2. The van der Waals surface area contributed by atoms with Crippen LogP contribution in [0.15, 0.2) is 18.2 Å². The van der Waals surface area contributed by atoms with Crippen LogP contribution in [0.4, 0.5) is 13.2 Å². The second kappa shape index (κ2) is 5.89. The maximum absolute atomic E-state index is 13.8. The van der Waals surface area contributed by atoms with Gasteiger partial charge >= 0.3 is 5.97 Å². The largest absolute Gasteiger partial charge is 0.478 e. The molecule has 2 rings (SSSR count). The fraction of sp³-hybridized carbons (Fsp3) is 0.286. The number of fused-ring (bicyclic) bond motifs is 1. The molecule has 1 aromatic carbocycles. The molecule has 0 aliphatic rings. The molecule has 0 aliphatic carbocycles. The molecule has 0 bridgehead atoms. The molecule has 2 aromatic rings. The minimum absolute atomic E-state index is 0.105. The normalized spacial score (nSPS) is 12.9. The molecule has 21 heavy (non-hydrogen) atoms. The van der Waals surface area contributed by atoms with Gasteiger partial charge in [-0.25, -0.2) is 22.9 Å². The molecule has 1 N–H and O–H groups in total. The van der Waals surface area contributed by atoms with Gasteiger partial charge in [-0.1, -0.05) is 30.7 Å². The van der Waals surface area contributed by atoms with Crippen molar-refractivity contribution in [3.05, 3.63) is 40.6 Å².